The van der Waals surface area contributed by atoms with Crippen molar-refractivity contribution < 1.29 is 143 Å². The van der Waals surface area contributed by atoms with Crippen LogP contribution in [0.15, 0.2) is 174 Å². The van der Waals surface area contributed by atoms with E-state index in [9.17, 15) is 47.9 Å². The summed E-state index contributed by atoms with van der Waals surface area (Å²) in [5, 5.41) is 0. The molecule has 144 heavy (non-hydrogen) atoms. The van der Waals surface area contributed by atoms with Crippen molar-refractivity contribution in [2.24, 2.45) is 49.2 Å². The van der Waals surface area contributed by atoms with Crippen molar-refractivity contribution in [1.29, 1.82) is 0 Å². The van der Waals surface area contributed by atoms with E-state index >= 15 is 0 Å². The van der Waals surface area contributed by atoms with Crippen LogP contribution in [0.3, 0.4) is 0 Å². The van der Waals surface area contributed by atoms with E-state index in [1.807, 2.05) is 58.9 Å². The second kappa shape index (κ2) is 59.2. The Bertz CT molecular complexity index is 4510. The normalized spacial score (nSPS) is 24.0. The van der Waals surface area contributed by atoms with Crippen LogP contribution in [0.2, 0.25) is 0 Å². The van der Waals surface area contributed by atoms with Crippen molar-refractivity contribution in [3.8, 4) is 0 Å². The molecule has 806 valence electrons. The molecule has 1 aliphatic carbocycles. The number of carbonyl (C=O) groups excluding carboxylic acids is 10. The monoisotopic (exact) mass is 2020 g/mol. The van der Waals surface area contributed by atoms with Gasteiger partial charge < -0.3 is 94.7 Å². The zero-order valence-corrected chi connectivity index (χ0v) is 90.1. The molecule has 30 nitrogen and oxygen atoms in total. The molecular formula is C114H170O30. The molecule has 5 aliphatic heterocycles. The first-order valence-electron chi connectivity index (χ1n) is 50.0. The van der Waals surface area contributed by atoms with Crippen molar-refractivity contribution in [3.63, 3.8) is 0 Å². The molecule has 0 radical (unpaired) electrons. The summed E-state index contributed by atoms with van der Waals surface area (Å²) in [7, 11) is 0. The smallest absolute Gasteiger partial charge is 0.333 e. The van der Waals surface area contributed by atoms with E-state index in [-0.39, 0.29) is 108 Å². The number of hydrogen-bond donors (Lipinski definition) is 0. The van der Waals surface area contributed by atoms with Crippen LogP contribution < -0.4 is 0 Å². The van der Waals surface area contributed by atoms with Crippen LogP contribution in [0.1, 0.15) is 251 Å². The third kappa shape index (κ3) is 40.1. The maximum absolute atomic E-state index is 11.9. The fraction of sp³-hybridized carbons (Fsp3) is 0.632. The van der Waals surface area contributed by atoms with Gasteiger partial charge in [0.25, 0.3) is 0 Å². The molecule has 2 aromatic rings. The molecule has 0 spiro atoms. The van der Waals surface area contributed by atoms with Crippen LogP contribution in [0, 0.1) is 49.2 Å². The molecule has 6 fully saturated rings. The third-order valence-corrected chi connectivity index (χ3v) is 27.5. The Hall–Kier alpha value is -9.86. The van der Waals surface area contributed by atoms with Crippen molar-refractivity contribution in [2.75, 3.05) is 132 Å². The van der Waals surface area contributed by atoms with Crippen molar-refractivity contribution in [2.45, 2.75) is 281 Å². The van der Waals surface area contributed by atoms with Gasteiger partial charge in [-0.3, -0.25) is 0 Å². The van der Waals surface area contributed by atoms with Crippen LogP contribution in [-0.2, 0) is 164 Å². The third-order valence-electron chi connectivity index (χ3n) is 27.5. The lowest BCUT2D eigenvalue weighted by atomic mass is 9.73. The first-order chi connectivity index (χ1) is 67.6. The number of benzene rings is 2. The van der Waals surface area contributed by atoms with Crippen LogP contribution in [0.5, 0.6) is 0 Å². The van der Waals surface area contributed by atoms with Gasteiger partial charge in [0.05, 0.1) is 114 Å². The molecule has 5 heterocycles. The van der Waals surface area contributed by atoms with Crippen molar-refractivity contribution in [3.05, 3.63) is 196 Å². The number of esters is 10. The molecule has 0 bridgehead atoms. The van der Waals surface area contributed by atoms with Crippen LogP contribution >= 0.6 is 0 Å². The Kier molecular flexibility index (Phi) is 52.0. The zero-order chi connectivity index (χ0) is 108. The highest BCUT2D eigenvalue weighted by Gasteiger charge is 2.52. The first-order valence-corrected chi connectivity index (χ1v) is 50.0. The minimum atomic E-state index is -0.743. The van der Waals surface area contributed by atoms with Gasteiger partial charge in [-0.15, -0.1) is 0 Å². The van der Waals surface area contributed by atoms with Gasteiger partial charge >= 0.3 is 59.7 Å². The van der Waals surface area contributed by atoms with Crippen LogP contribution in [0.4, 0.5) is 0 Å². The lowest BCUT2D eigenvalue weighted by molar-refractivity contribution is -0.288. The second-order valence-corrected chi connectivity index (χ2v) is 43.3. The molecule has 3 unspecified atom stereocenters. The van der Waals surface area contributed by atoms with Crippen molar-refractivity contribution >= 4 is 59.7 Å². The Balaban J connectivity index is 0.000000376. The molecule has 0 amide bonds. The van der Waals surface area contributed by atoms with Gasteiger partial charge in [-0.05, 0) is 131 Å². The summed E-state index contributed by atoms with van der Waals surface area (Å²) in [6.45, 7) is 82.0. The Morgan fingerprint density at radius 3 is 1.07 bits per heavy atom. The van der Waals surface area contributed by atoms with E-state index in [1.165, 1.54) is 23.3 Å². The maximum Gasteiger partial charge on any atom is 0.333 e. The first kappa shape index (κ1) is 126. The van der Waals surface area contributed by atoms with E-state index in [0.29, 0.717) is 116 Å². The number of hydrogen-bond acceptors (Lipinski definition) is 30. The average molecular weight is 2020 g/mol. The van der Waals surface area contributed by atoms with E-state index in [0.717, 1.165) is 125 Å². The maximum atomic E-state index is 11.9. The molecule has 6 aliphatic rings. The molecule has 0 aromatic heterocycles. The largest absolute Gasteiger partial charge is 0.463 e. The summed E-state index contributed by atoms with van der Waals surface area (Å²) in [4.78, 5) is 115. The van der Waals surface area contributed by atoms with Crippen LogP contribution in [0.25, 0.3) is 0 Å². The van der Waals surface area contributed by atoms with Gasteiger partial charge in [0, 0.05) is 98.2 Å². The quantitative estimate of drug-likeness (QED) is 0.0257. The van der Waals surface area contributed by atoms with E-state index in [4.69, 9.17) is 94.7 Å². The predicted molar refractivity (Wildman–Crippen MR) is 549 cm³/mol. The topological polar surface area (TPSA) is 355 Å². The Morgan fingerprint density at radius 1 is 0.361 bits per heavy atom. The van der Waals surface area contributed by atoms with Gasteiger partial charge in [0.1, 0.15) is 39.6 Å². The molecule has 3 atom stereocenters. The Labute approximate surface area is 857 Å². The van der Waals surface area contributed by atoms with Gasteiger partial charge in [0.2, 0.25) is 0 Å². The second-order valence-electron chi connectivity index (χ2n) is 43.3. The van der Waals surface area contributed by atoms with Gasteiger partial charge in [-0.2, -0.15) is 0 Å². The molecule has 0 N–H and O–H groups in total. The van der Waals surface area contributed by atoms with Crippen molar-refractivity contribution in [1.82, 2.24) is 0 Å². The van der Waals surface area contributed by atoms with Crippen LogP contribution in [-0.4, -0.2) is 223 Å². The molecule has 5 saturated heterocycles. The van der Waals surface area contributed by atoms with Gasteiger partial charge in [0.15, 0.2) is 31.5 Å². The highest BCUT2D eigenvalue weighted by atomic mass is 16.7. The van der Waals surface area contributed by atoms with Gasteiger partial charge in [-0.1, -0.05) is 244 Å². The fourth-order valence-corrected chi connectivity index (χ4v) is 16.6. The summed E-state index contributed by atoms with van der Waals surface area (Å²) in [5.41, 5.74) is 1.25. The fourth-order valence-electron chi connectivity index (χ4n) is 16.6. The zero-order valence-electron chi connectivity index (χ0n) is 90.1. The summed E-state index contributed by atoms with van der Waals surface area (Å²) in [6, 6.07) is 16.4. The average Bonchev–Trinajstić information content (AvgIpc) is 0.902. The minimum absolute atomic E-state index is 0.0195. The Morgan fingerprint density at radius 2 is 0.681 bits per heavy atom. The minimum Gasteiger partial charge on any atom is -0.463 e. The number of rotatable bonds is 47. The molecule has 8 rings (SSSR count). The SMILES string of the molecule is C=C(C)C(=O)OCC1(C)COC(C2(COC(=O)C(=C)C)CCCCC2)OC1.C=CC(=O)OCC1(C)COC(C(C)(COC(=O)C=C)c2ccc(C(C)(C)C)cc2)OC1.C=CC(=O)OCC1(CC)COC(C(C)(COC(=O)C=C)c2ccc(C(C)(C)C)cc2)OC1.C=CC(=O)OCCCC(C)(C)C1OCC(CC)(CCOC(=O)C=C)CO1.C=CC(=O)OCCCCC(C)(C)C1OCC(CC)(C(C)COC(=O)C=C)CO1. The number of unbranched alkanes of at least 4 members (excludes halogenated alkanes) is 1. The number of ether oxygens (including phenoxy) is 20. The molecule has 2 aromatic carbocycles. The lowest BCUT2D eigenvalue weighted by Gasteiger charge is -2.47. The molecular weight excluding hydrogens is 1850 g/mol. The molecule has 1 saturated carbocycles. The lowest BCUT2D eigenvalue weighted by Crippen LogP contribution is -2.53. The van der Waals surface area contributed by atoms with E-state index < -0.39 is 93.7 Å². The summed E-state index contributed by atoms with van der Waals surface area (Å²) in [5.74, 6) is -4.25. The summed E-state index contributed by atoms with van der Waals surface area (Å²) < 4.78 is 113. The molecule has 30 heteroatoms. The van der Waals surface area contributed by atoms with E-state index in [2.05, 4.69) is 180 Å². The highest BCUT2D eigenvalue weighted by molar-refractivity contribution is 5.88. The highest BCUT2D eigenvalue weighted by Crippen LogP contribution is 2.48. The standard InChI is InChI=1S/C26H36O6.C25H34O6.C22H36O6.C21H32O6.C20H32O6/c1-8-21(27)29-15-25(7,20-13-11-19(12-14-20)24(4,5)6)23-31-17-26(10-3,18-32-23)16-30-22(28)9-2;1-8-20(26)28-14-24(6)15-30-22(31-16-24)25(7,17-29-21(27)9-2)19-12-10-18(11-13-19)23(3,4)5;1-7-18(23)25-13-11-10-12-21(5,6)20-27-15-22(9-3,16-28-20)17(4)14-26-19(24)8-2;1-15(2)17(22)24-11-20(5)12-26-19(27-13-20)21(9-7-6-8-10-21)14-25-18(23)16(3)4;1-6-16(21)23-12-9-10-19(4,5)18-25-14-20(8-3,15-26-18)11-13-24-17(22)7-2/h8-9,11-14,23H,1-2,10,15-18H2,3-7H3;8-13,22H,1-2,14-17H2,3-7H3;7-8,17,20H,1-2,9-16H2,3-6H3;19H,1,3,6-14H2,2,4-5H3;6-7,18H,1-2,8-15H2,3-5H3. The number of carbonyl (C=O) groups is 10. The predicted octanol–water partition coefficient (Wildman–Crippen LogP) is 19.6. The van der Waals surface area contributed by atoms with Gasteiger partial charge in [-0.25, -0.2) is 47.9 Å². The summed E-state index contributed by atoms with van der Waals surface area (Å²) >= 11 is 0. The summed E-state index contributed by atoms with van der Waals surface area (Å²) in [6.07, 6.45) is 19.3. The van der Waals surface area contributed by atoms with E-state index in [1.54, 1.807) is 13.8 Å².